The van der Waals surface area contributed by atoms with Crippen molar-refractivity contribution in [2.75, 3.05) is 12.3 Å². The van der Waals surface area contributed by atoms with E-state index in [0.717, 1.165) is 0 Å². The van der Waals surface area contributed by atoms with Crippen LogP contribution in [0.1, 0.15) is 27.7 Å². The fraction of sp³-hybridized carbons (Fsp3) is 0.545. The Balaban J connectivity index is 2.87. The molecule has 0 aliphatic carbocycles. The molecule has 1 aromatic rings. The maximum absolute atomic E-state index is 5.70. The van der Waals surface area contributed by atoms with Gasteiger partial charge in [0.05, 0.1) is 12.3 Å². The van der Waals surface area contributed by atoms with Crippen molar-refractivity contribution in [3.8, 4) is 11.8 Å². The molecule has 4 heteroatoms. The van der Waals surface area contributed by atoms with Gasteiger partial charge in [0.2, 0.25) is 11.8 Å². The Morgan fingerprint density at radius 3 is 2.53 bits per heavy atom. The fourth-order valence-corrected chi connectivity index (χ4v) is 1.06. The van der Waals surface area contributed by atoms with Crippen molar-refractivity contribution in [3.63, 3.8) is 0 Å². The smallest absolute Gasteiger partial charge is 0.240 e. The molecule has 0 radical (unpaired) electrons. The normalized spacial score (nSPS) is 11.2. The van der Waals surface area contributed by atoms with Crippen LogP contribution in [0.25, 0.3) is 0 Å². The van der Waals surface area contributed by atoms with E-state index >= 15 is 0 Å². The second kappa shape index (κ2) is 4.38. The summed E-state index contributed by atoms with van der Waals surface area (Å²) in [5, 5.41) is 0. The summed E-state index contributed by atoms with van der Waals surface area (Å²) in [6.45, 7) is 8.32. The number of anilines is 1. The lowest BCUT2D eigenvalue weighted by atomic mass is 10.2. The molecule has 0 aliphatic heterocycles. The highest BCUT2D eigenvalue weighted by Crippen LogP contribution is 2.24. The molecule has 0 atom stereocenters. The van der Waals surface area contributed by atoms with Gasteiger partial charge in [-0.2, -0.15) is 4.98 Å². The zero-order valence-electron chi connectivity index (χ0n) is 9.70. The number of pyridine rings is 1. The van der Waals surface area contributed by atoms with E-state index < -0.39 is 0 Å². The molecule has 0 bridgehead atoms. The number of aromatic nitrogens is 1. The number of hydrogen-bond acceptors (Lipinski definition) is 4. The molecule has 0 fully saturated rings. The van der Waals surface area contributed by atoms with Crippen LogP contribution in [0.4, 0.5) is 5.69 Å². The first-order valence-corrected chi connectivity index (χ1v) is 5.00. The van der Waals surface area contributed by atoms with E-state index in [0.29, 0.717) is 24.1 Å². The van der Waals surface area contributed by atoms with Crippen molar-refractivity contribution in [1.82, 2.24) is 4.98 Å². The summed E-state index contributed by atoms with van der Waals surface area (Å²) in [4.78, 5) is 4.18. The third-order valence-corrected chi connectivity index (χ3v) is 1.56. The molecule has 1 rings (SSSR count). The Kier molecular flexibility index (Phi) is 3.39. The minimum atomic E-state index is -0.271. The maximum Gasteiger partial charge on any atom is 0.240 e. The number of nitrogen functional groups attached to an aromatic ring is 1. The number of nitrogens with zero attached hydrogens (tertiary/aromatic N) is 1. The molecule has 0 saturated heterocycles. The summed E-state index contributed by atoms with van der Waals surface area (Å²) in [6.07, 6.45) is 0. The monoisotopic (exact) mass is 210 g/mol. The molecule has 0 spiro atoms. The van der Waals surface area contributed by atoms with Crippen molar-refractivity contribution in [2.24, 2.45) is 0 Å². The van der Waals surface area contributed by atoms with Gasteiger partial charge in [-0.25, -0.2) is 0 Å². The van der Waals surface area contributed by atoms with E-state index in [1.165, 1.54) is 0 Å². The molecule has 0 aromatic carbocycles. The lowest BCUT2D eigenvalue weighted by Gasteiger charge is -2.20. The van der Waals surface area contributed by atoms with Gasteiger partial charge in [0, 0.05) is 6.07 Å². The van der Waals surface area contributed by atoms with Crippen LogP contribution < -0.4 is 15.2 Å². The number of rotatable bonds is 3. The Hall–Kier alpha value is -1.45. The van der Waals surface area contributed by atoms with Gasteiger partial charge in [-0.1, -0.05) is 0 Å². The van der Waals surface area contributed by atoms with Crippen LogP contribution in [0.5, 0.6) is 11.8 Å². The lowest BCUT2D eigenvalue weighted by Crippen LogP contribution is -2.23. The van der Waals surface area contributed by atoms with Crippen molar-refractivity contribution >= 4 is 5.69 Å². The first kappa shape index (κ1) is 11.6. The third-order valence-electron chi connectivity index (χ3n) is 1.56. The molecular formula is C11H18N2O2. The van der Waals surface area contributed by atoms with Gasteiger partial charge in [0.25, 0.3) is 0 Å². The van der Waals surface area contributed by atoms with Gasteiger partial charge < -0.3 is 15.2 Å². The quantitative estimate of drug-likeness (QED) is 0.831. The SMILES string of the molecule is CCOc1nc(OC(C)(C)C)ccc1N. The molecule has 2 N–H and O–H groups in total. The van der Waals surface area contributed by atoms with Gasteiger partial charge in [-0.3, -0.25) is 0 Å². The summed E-state index contributed by atoms with van der Waals surface area (Å²) in [6, 6.07) is 3.47. The average Bonchev–Trinajstić information content (AvgIpc) is 2.09. The summed E-state index contributed by atoms with van der Waals surface area (Å²) in [7, 11) is 0. The van der Waals surface area contributed by atoms with E-state index in [1.54, 1.807) is 12.1 Å². The van der Waals surface area contributed by atoms with E-state index in [9.17, 15) is 0 Å². The second-order valence-electron chi connectivity index (χ2n) is 4.19. The van der Waals surface area contributed by atoms with E-state index in [1.807, 2.05) is 27.7 Å². The third kappa shape index (κ3) is 3.65. The molecule has 4 nitrogen and oxygen atoms in total. The fourth-order valence-electron chi connectivity index (χ4n) is 1.06. The maximum atomic E-state index is 5.70. The van der Waals surface area contributed by atoms with Crippen LogP contribution >= 0.6 is 0 Å². The first-order valence-electron chi connectivity index (χ1n) is 5.00. The van der Waals surface area contributed by atoms with Gasteiger partial charge in [-0.15, -0.1) is 0 Å². The van der Waals surface area contributed by atoms with E-state index in [2.05, 4.69) is 4.98 Å². The second-order valence-corrected chi connectivity index (χ2v) is 4.19. The predicted octanol–water partition coefficient (Wildman–Crippen LogP) is 2.24. The highest BCUT2D eigenvalue weighted by atomic mass is 16.5. The van der Waals surface area contributed by atoms with Gasteiger partial charge >= 0.3 is 0 Å². The summed E-state index contributed by atoms with van der Waals surface area (Å²) < 4.78 is 10.9. The highest BCUT2D eigenvalue weighted by molar-refractivity contribution is 5.49. The van der Waals surface area contributed by atoms with Crippen molar-refractivity contribution in [2.45, 2.75) is 33.3 Å². The van der Waals surface area contributed by atoms with Crippen LogP contribution in [-0.2, 0) is 0 Å². The first-order chi connectivity index (χ1) is 6.92. The van der Waals surface area contributed by atoms with Crippen LogP contribution in [0, 0.1) is 0 Å². The van der Waals surface area contributed by atoms with Crippen LogP contribution in [-0.4, -0.2) is 17.2 Å². The minimum absolute atomic E-state index is 0.271. The van der Waals surface area contributed by atoms with Gasteiger partial charge in [-0.05, 0) is 33.8 Å². The molecular weight excluding hydrogens is 192 g/mol. The van der Waals surface area contributed by atoms with Crippen LogP contribution in [0.15, 0.2) is 12.1 Å². The van der Waals surface area contributed by atoms with Crippen molar-refractivity contribution < 1.29 is 9.47 Å². The number of hydrogen-bond donors (Lipinski definition) is 1. The van der Waals surface area contributed by atoms with E-state index in [4.69, 9.17) is 15.2 Å². The molecule has 15 heavy (non-hydrogen) atoms. The molecule has 84 valence electrons. The van der Waals surface area contributed by atoms with E-state index in [-0.39, 0.29) is 5.60 Å². The predicted molar refractivity (Wildman–Crippen MR) is 60.2 cm³/mol. The van der Waals surface area contributed by atoms with Gasteiger partial charge in [0.1, 0.15) is 5.60 Å². The number of ether oxygens (including phenoxy) is 2. The van der Waals surface area contributed by atoms with Crippen molar-refractivity contribution in [1.29, 1.82) is 0 Å². The Morgan fingerprint density at radius 2 is 2.00 bits per heavy atom. The summed E-state index contributed by atoms with van der Waals surface area (Å²) in [5.41, 5.74) is 5.95. The molecule has 0 saturated carbocycles. The Bertz CT molecular complexity index is 332. The summed E-state index contributed by atoms with van der Waals surface area (Å²) in [5.74, 6) is 0.958. The minimum Gasteiger partial charge on any atom is -0.476 e. The lowest BCUT2D eigenvalue weighted by molar-refractivity contribution is 0.122. The number of nitrogens with two attached hydrogens (primary N) is 1. The molecule has 1 aromatic heterocycles. The molecule has 1 heterocycles. The van der Waals surface area contributed by atoms with Crippen molar-refractivity contribution in [3.05, 3.63) is 12.1 Å². The Labute approximate surface area is 90.4 Å². The topological polar surface area (TPSA) is 57.4 Å². The standard InChI is InChI=1S/C11H18N2O2/c1-5-14-10-8(12)6-7-9(13-10)15-11(2,3)4/h6-7H,5,12H2,1-4H3. The highest BCUT2D eigenvalue weighted by Gasteiger charge is 2.14. The Morgan fingerprint density at radius 1 is 1.33 bits per heavy atom. The largest absolute Gasteiger partial charge is 0.476 e. The average molecular weight is 210 g/mol. The summed E-state index contributed by atoms with van der Waals surface area (Å²) >= 11 is 0. The zero-order chi connectivity index (χ0) is 11.5. The zero-order valence-corrected chi connectivity index (χ0v) is 9.70. The van der Waals surface area contributed by atoms with Gasteiger partial charge in [0.15, 0.2) is 0 Å². The molecule has 0 unspecified atom stereocenters. The molecule has 0 amide bonds. The molecule has 0 aliphatic rings. The van der Waals surface area contributed by atoms with Crippen LogP contribution in [0.3, 0.4) is 0 Å². The van der Waals surface area contributed by atoms with Crippen LogP contribution in [0.2, 0.25) is 0 Å².